The molecule has 0 saturated heterocycles. The van der Waals surface area contributed by atoms with Crippen LogP contribution in [-0.2, 0) is 16.0 Å². The Morgan fingerprint density at radius 2 is 1.76 bits per heavy atom. The van der Waals surface area contributed by atoms with E-state index in [-0.39, 0.29) is 13.0 Å². The molecule has 1 atom stereocenters. The number of nitrogens with one attached hydrogen (secondary N) is 2. The molecular weight excluding hydrogens is 388 g/mol. The Kier molecular flexibility index (Phi) is 6.71. The second-order valence-corrected chi connectivity index (χ2v) is 6.26. The number of carboxylic acid groups (broad SMARTS) is 1. The van der Waals surface area contributed by atoms with Crippen molar-refractivity contribution in [3.63, 3.8) is 0 Å². The first-order valence-electron chi connectivity index (χ1n) is 7.55. The lowest BCUT2D eigenvalue weighted by Crippen LogP contribution is -2.46. The Hall–Kier alpha value is -2.67. The van der Waals surface area contributed by atoms with Crippen molar-refractivity contribution < 1.29 is 19.5 Å². The zero-order valence-electron chi connectivity index (χ0n) is 13.2. The first-order chi connectivity index (χ1) is 12.0. The molecule has 0 fully saturated rings. The molecular formula is C18H17BrN2O4. The van der Waals surface area contributed by atoms with E-state index in [1.165, 1.54) is 0 Å². The second kappa shape index (κ2) is 8.98. The van der Waals surface area contributed by atoms with Crippen LogP contribution in [0.25, 0.3) is 0 Å². The van der Waals surface area contributed by atoms with Crippen molar-refractivity contribution in [2.75, 3.05) is 6.54 Å². The number of rotatable bonds is 7. The lowest BCUT2D eigenvalue weighted by molar-refractivity contribution is -0.141. The summed E-state index contributed by atoms with van der Waals surface area (Å²) in [6, 6.07) is 14.6. The van der Waals surface area contributed by atoms with E-state index in [4.69, 9.17) is 0 Å². The Balaban J connectivity index is 1.89. The summed E-state index contributed by atoms with van der Waals surface area (Å²) in [5, 5.41) is 14.2. The van der Waals surface area contributed by atoms with Crippen molar-refractivity contribution in [1.29, 1.82) is 0 Å². The highest BCUT2D eigenvalue weighted by Gasteiger charge is 2.20. The fourth-order valence-corrected chi connectivity index (χ4v) is 2.64. The molecule has 0 aromatic heterocycles. The second-order valence-electron chi connectivity index (χ2n) is 5.34. The smallest absolute Gasteiger partial charge is 0.326 e. The molecule has 0 bridgehead atoms. The van der Waals surface area contributed by atoms with Gasteiger partial charge in [0, 0.05) is 16.5 Å². The normalized spacial score (nSPS) is 11.4. The van der Waals surface area contributed by atoms with E-state index in [0.717, 1.165) is 10.0 Å². The molecule has 0 spiro atoms. The third-order valence-electron chi connectivity index (χ3n) is 3.41. The Labute approximate surface area is 153 Å². The molecule has 0 unspecified atom stereocenters. The molecule has 0 saturated carbocycles. The molecule has 0 aliphatic carbocycles. The van der Waals surface area contributed by atoms with Crippen LogP contribution in [0.15, 0.2) is 59.1 Å². The molecule has 6 nitrogen and oxygen atoms in total. The first kappa shape index (κ1) is 18.7. The van der Waals surface area contributed by atoms with E-state index >= 15 is 0 Å². The summed E-state index contributed by atoms with van der Waals surface area (Å²) in [6.07, 6.45) is 0.146. The summed E-state index contributed by atoms with van der Waals surface area (Å²) in [4.78, 5) is 35.2. The quantitative estimate of drug-likeness (QED) is 0.657. The van der Waals surface area contributed by atoms with Crippen LogP contribution in [0.3, 0.4) is 0 Å². The maximum absolute atomic E-state index is 12.0. The summed E-state index contributed by atoms with van der Waals surface area (Å²) in [5.74, 6) is -2.09. The number of aliphatic carboxylic acids is 1. The molecule has 7 heteroatoms. The van der Waals surface area contributed by atoms with Gasteiger partial charge in [-0.15, -0.1) is 0 Å². The van der Waals surface area contributed by atoms with Crippen LogP contribution in [0.1, 0.15) is 15.9 Å². The first-order valence-corrected chi connectivity index (χ1v) is 8.35. The number of carboxylic acids is 1. The number of carbonyl (C=O) groups is 3. The predicted molar refractivity (Wildman–Crippen MR) is 96.2 cm³/mol. The monoisotopic (exact) mass is 404 g/mol. The lowest BCUT2D eigenvalue weighted by atomic mass is 10.1. The molecule has 0 radical (unpaired) electrons. The summed E-state index contributed by atoms with van der Waals surface area (Å²) >= 11 is 3.32. The van der Waals surface area contributed by atoms with Gasteiger partial charge in [0.25, 0.3) is 5.91 Å². The SMILES string of the molecule is O=C(CNC(=O)c1ccccc1)N[C@@H](Cc1cccc(Br)c1)C(=O)O. The number of hydrogen-bond donors (Lipinski definition) is 3. The molecule has 2 rings (SSSR count). The average molecular weight is 405 g/mol. The largest absolute Gasteiger partial charge is 0.480 e. The van der Waals surface area contributed by atoms with Gasteiger partial charge in [0.15, 0.2) is 0 Å². The van der Waals surface area contributed by atoms with Crippen molar-refractivity contribution in [2.45, 2.75) is 12.5 Å². The van der Waals surface area contributed by atoms with Gasteiger partial charge in [0.05, 0.1) is 6.54 Å². The topological polar surface area (TPSA) is 95.5 Å². The minimum absolute atomic E-state index is 0.146. The van der Waals surface area contributed by atoms with Gasteiger partial charge in [-0.1, -0.05) is 46.3 Å². The van der Waals surface area contributed by atoms with Crippen molar-refractivity contribution >= 4 is 33.7 Å². The predicted octanol–water partition coefficient (Wildman–Crippen LogP) is 1.99. The van der Waals surface area contributed by atoms with E-state index in [9.17, 15) is 19.5 Å². The molecule has 25 heavy (non-hydrogen) atoms. The maximum Gasteiger partial charge on any atom is 0.326 e. The molecule has 2 aromatic rings. The maximum atomic E-state index is 12.0. The standard InChI is InChI=1S/C18H17BrN2O4/c19-14-8-4-5-12(9-14)10-15(18(24)25)21-16(22)11-20-17(23)13-6-2-1-3-7-13/h1-9,15H,10-11H2,(H,20,23)(H,21,22)(H,24,25)/t15-/m0/s1. The molecule has 2 aromatic carbocycles. The highest BCUT2D eigenvalue weighted by molar-refractivity contribution is 9.10. The van der Waals surface area contributed by atoms with Crippen molar-refractivity contribution in [3.8, 4) is 0 Å². The summed E-state index contributed by atoms with van der Waals surface area (Å²) in [6.45, 7) is -0.296. The van der Waals surface area contributed by atoms with Gasteiger partial charge in [-0.05, 0) is 29.8 Å². The van der Waals surface area contributed by atoms with Gasteiger partial charge in [-0.2, -0.15) is 0 Å². The highest BCUT2D eigenvalue weighted by Crippen LogP contribution is 2.13. The van der Waals surface area contributed by atoms with Crippen molar-refractivity contribution in [1.82, 2.24) is 10.6 Å². The van der Waals surface area contributed by atoms with E-state index < -0.39 is 23.8 Å². The molecule has 130 valence electrons. The average Bonchev–Trinajstić information content (AvgIpc) is 2.60. The Morgan fingerprint density at radius 3 is 2.40 bits per heavy atom. The van der Waals surface area contributed by atoms with Crippen LogP contribution in [0, 0.1) is 0 Å². The summed E-state index contributed by atoms with van der Waals surface area (Å²) in [5.41, 5.74) is 1.20. The van der Waals surface area contributed by atoms with Crippen LogP contribution in [-0.4, -0.2) is 35.5 Å². The number of halogens is 1. The third-order valence-corrected chi connectivity index (χ3v) is 3.90. The number of benzene rings is 2. The summed E-state index contributed by atoms with van der Waals surface area (Å²) < 4.78 is 0.829. The van der Waals surface area contributed by atoms with Gasteiger partial charge in [-0.25, -0.2) is 4.79 Å². The highest BCUT2D eigenvalue weighted by atomic mass is 79.9. The van der Waals surface area contributed by atoms with Crippen molar-refractivity contribution in [2.24, 2.45) is 0 Å². The van der Waals surface area contributed by atoms with E-state index in [0.29, 0.717) is 5.56 Å². The number of carbonyl (C=O) groups excluding carboxylic acids is 2. The van der Waals surface area contributed by atoms with Gasteiger partial charge in [0.1, 0.15) is 6.04 Å². The lowest BCUT2D eigenvalue weighted by Gasteiger charge is -2.15. The van der Waals surface area contributed by atoms with Gasteiger partial charge >= 0.3 is 5.97 Å². The Morgan fingerprint density at radius 1 is 1.04 bits per heavy atom. The van der Waals surface area contributed by atoms with Crippen molar-refractivity contribution in [3.05, 3.63) is 70.2 Å². The summed E-state index contributed by atoms with van der Waals surface area (Å²) in [7, 11) is 0. The molecule has 0 heterocycles. The zero-order valence-corrected chi connectivity index (χ0v) is 14.8. The van der Waals surface area contributed by atoms with Gasteiger partial charge in [0.2, 0.25) is 5.91 Å². The van der Waals surface area contributed by atoms with Gasteiger partial charge in [-0.3, -0.25) is 9.59 Å². The van der Waals surface area contributed by atoms with Crippen LogP contribution < -0.4 is 10.6 Å². The van der Waals surface area contributed by atoms with Crippen LogP contribution in [0.4, 0.5) is 0 Å². The molecule has 0 aliphatic heterocycles. The fourth-order valence-electron chi connectivity index (χ4n) is 2.20. The van der Waals surface area contributed by atoms with E-state index in [2.05, 4.69) is 26.6 Å². The number of amides is 2. The minimum Gasteiger partial charge on any atom is -0.480 e. The molecule has 0 aliphatic rings. The third kappa shape index (κ3) is 6.04. The van der Waals surface area contributed by atoms with Crippen LogP contribution >= 0.6 is 15.9 Å². The number of hydrogen-bond acceptors (Lipinski definition) is 3. The van der Waals surface area contributed by atoms with E-state index in [1.807, 2.05) is 6.07 Å². The fraction of sp³-hybridized carbons (Fsp3) is 0.167. The van der Waals surface area contributed by atoms with Crippen LogP contribution in [0.5, 0.6) is 0 Å². The van der Waals surface area contributed by atoms with E-state index in [1.54, 1.807) is 48.5 Å². The van der Waals surface area contributed by atoms with Crippen LogP contribution in [0.2, 0.25) is 0 Å². The molecule has 2 amide bonds. The zero-order chi connectivity index (χ0) is 18.2. The Bertz CT molecular complexity index is 765. The minimum atomic E-state index is -1.14. The molecule has 3 N–H and O–H groups in total. The van der Waals surface area contributed by atoms with Gasteiger partial charge < -0.3 is 15.7 Å².